The van der Waals surface area contributed by atoms with Gasteiger partial charge in [0.1, 0.15) is 4.88 Å². The van der Waals surface area contributed by atoms with Gasteiger partial charge in [0.05, 0.1) is 7.11 Å². The molecular weight excluding hydrogens is 258 g/mol. The Bertz CT molecular complexity index is 477. The molecule has 0 aliphatic heterocycles. The molecule has 9 heteroatoms. The molecule has 0 unspecified atom stereocenters. The fraction of sp³-hybridized carbons (Fsp3) is 0.143. The Kier molecular flexibility index (Phi) is 3.85. The van der Waals surface area contributed by atoms with E-state index in [4.69, 9.17) is 0 Å². The zero-order valence-electron chi connectivity index (χ0n) is 8.00. The van der Waals surface area contributed by atoms with E-state index < -0.39 is 22.4 Å². The third-order valence-electron chi connectivity index (χ3n) is 1.30. The summed E-state index contributed by atoms with van der Waals surface area (Å²) in [6.07, 6.45) is -1.24. The van der Waals surface area contributed by atoms with E-state index >= 15 is 0 Å². The topological polar surface area (TPSA) is 98.8 Å². The largest absolute Gasteiger partial charge is 0.452 e. The summed E-state index contributed by atoms with van der Waals surface area (Å²) in [4.78, 5) is 21.9. The Hall–Kier alpha value is -1.61. The fourth-order valence-corrected chi connectivity index (χ4v) is 1.97. The minimum Gasteiger partial charge on any atom is -0.452 e. The van der Waals surface area contributed by atoms with Crippen molar-refractivity contribution in [3.05, 3.63) is 22.4 Å². The van der Waals surface area contributed by atoms with Crippen molar-refractivity contribution in [2.45, 2.75) is 0 Å². The molecule has 7 nitrogen and oxygen atoms in total. The molecule has 0 aliphatic carbocycles. The molecule has 0 aliphatic rings. The molecule has 1 heterocycles. The van der Waals surface area contributed by atoms with Crippen molar-refractivity contribution in [2.24, 2.45) is 0 Å². The zero-order valence-corrected chi connectivity index (χ0v) is 9.63. The molecule has 88 valence electrons. The molecular formula is C7H7NO6S2. The Balaban J connectivity index is 2.67. The number of hydrogen-bond acceptors (Lipinski definition) is 7. The third kappa shape index (κ3) is 3.51. The van der Waals surface area contributed by atoms with E-state index in [1.54, 1.807) is 11.4 Å². The van der Waals surface area contributed by atoms with Crippen LogP contribution in [0.25, 0.3) is 0 Å². The van der Waals surface area contributed by atoms with Crippen LogP contribution in [0.5, 0.6) is 0 Å². The van der Waals surface area contributed by atoms with Gasteiger partial charge in [0, 0.05) is 0 Å². The average Bonchev–Trinajstić information content (AvgIpc) is 2.68. The smallest absolute Gasteiger partial charge is 0.423 e. The second-order valence-corrected chi connectivity index (χ2v) is 4.62. The molecule has 1 aromatic rings. The van der Waals surface area contributed by atoms with Crippen LogP contribution in [0.4, 0.5) is 4.79 Å². The first-order valence-corrected chi connectivity index (χ1v) is 6.11. The van der Waals surface area contributed by atoms with Crippen molar-refractivity contribution in [2.75, 3.05) is 7.11 Å². The number of hydrogen-bond donors (Lipinski definition) is 1. The molecule has 1 N–H and O–H groups in total. The summed E-state index contributed by atoms with van der Waals surface area (Å²) >= 11 is 1.01. The zero-order chi connectivity index (χ0) is 12.2. The summed E-state index contributed by atoms with van der Waals surface area (Å²) in [5.41, 5.74) is 0. The molecule has 0 fully saturated rings. The lowest BCUT2D eigenvalue weighted by Crippen LogP contribution is -2.33. The van der Waals surface area contributed by atoms with Gasteiger partial charge in [0.15, 0.2) is 0 Å². The first-order valence-electron chi connectivity index (χ1n) is 3.82. The quantitative estimate of drug-likeness (QED) is 0.854. The molecule has 1 rings (SSSR count). The lowest BCUT2D eigenvalue weighted by Gasteiger charge is -2.04. The Morgan fingerprint density at radius 1 is 1.44 bits per heavy atom. The average molecular weight is 265 g/mol. The molecule has 0 saturated carbocycles. The van der Waals surface area contributed by atoms with Crippen molar-refractivity contribution >= 4 is 33.7 Å². The number of rotatable bonds is 3. The van der Waals surface area contributed by atoms with Gasteiger partial charge in [-0.3, -0.25) is 0 Å². The minimum absolute atomic E-state index is 0.107. The van der Waals surface area contributed by atoms with Crippen LogP contribution < -0.4 is 4.72 Å². The monoisotopic (exact) mass is 265 g/mol. The Labute approximate surface area is 95.2 Å². The van der Waals surface area contributed by atoms with Gasteiger partial charge in [-0.15, -0.1) is 11.3 Å². The van der Waals surface area contributed by atoms with E-state index in [9.17, 15) is 18.0 Å². The molecule has 0 radical (unpaired) electrons. The highest BCUT2D eigenvalue weighted by atomic mass is 32.2. The maximum absolute atomic E-state index is 11.2. The molecule has 1 aromatic heterocycles. The van der Waals surface area contributed by atoms with E-state index in [0.29, 0.717) is 0 Å². The molecule has 0 bridgehead atoms. The van der Waals surface area contributed by atoms with Crippen LogP contribution in [-0.2, 0) is 19.2 Å². The highest BCUT2D eigenvalue weighted by Crippen LogP contribution is 2.10. The summed E-state index contributed by atoms with van der Waals surface area (Å²) in [6, 6.07) is 2.95. The van der Waals surface area contributed by atoms with Gasteiger partial charge in [-0.2, -0.15) is 13.1 Å². The van der Waals surface area contributed by atoms with E-state index in [-0.39, 0.29) is 4.88 Å². The highest BCUT2D eigenvalue weighted by Gasteiger charge is 2.21. The van der Waals surface area contributed by atoms with Gasteiger partial charge in [-0.25, -0.2) is 9.59 Å². The van der Waals surface area contributed by atoms with Gasteiger partial charge < -0.3 is 8.92 Å². The van der Waals surface area contributed by atoms with E-state index in [1.807, 2.05) is 0 Å². The normalized spacial score (nSPS) is 10.6. The van der Waals surface area contributed by atoms with Crippen LogP contribution in [0.15, 0.2) is 17.5 Å². The summed E-state index contributed by atoms with van der Waals surface area (Å²) in [5.74, 6) is -1.06. The van der Waals surface area contributed by atoms with Crippen molar-refractivity contribution in [1.82, 2.24) is 4.72 Å². The van der Waals surface area contributed by atoms with Crippen LogP contribution in [0.3, 0.4) is 0 Å². The predicted molar refractivity (Wildman–Crippen MR) is 54.2 cm³/mol. The maximum atomic E-state index is 11.2. The van der Waals surface area contributed by atoms with Crippen LogP contribution in [-0.4, -0.2) is 27.6 Å². The second kappa shape index (κ2) is 4.94. The summed E-state index contributed by atoms with van der Waals surface area (Å²) in [7, 11) is -3.51. The molecule has 0 aromatic carbocycles. The number of nitrogens with one attached hydrogen (secondary N) is 1. The van der Waals surface area contributed by atoms with Crippen molar-refractivity contribution in [3.63, 3.8) is 0 Å². The second-order valence-electron chi connectivity index (χ2n) is 2.40. The SMILES string of the molecule is COC(=O)NS(=O)(=O)OC(=O)c1cccs1. The lowest BCUT2D eigenvalue weighted by molar-refractivity contribution is 0.0749. The lowest BCUT2D eigenvalue weighted by atomic mass is 10.5. The fourth-order valence-electron chi connectivity index (χ4n) is 0.700. The van der Waals surface area contributed by atoms with Crippen LogP contribution >= 0.6 is 11.3 Å². The number of ether oxygens (including phenoxy) is 1. The van der Waals surface area contributed by atoms with Gasteiger partial charge in [-0.1, -0.05) is 6.07 Å². The van der Waals surface area contributed by atoms with Gasteiger partial charge in [-0.05, 0) is 11.4 Å². The number of amides is 1. The Morgan fingerprint density at radius 2 is 2.12 bits per heavy atom. The van der Waals surface area contributed by atoms with Crippen LogP contribution in [0.1, 0.15) is 9.67 Å². The summed E-state index contributed by atoms with van der Waals surface area (Å²) in [6.45, 7) is 0. The predicted octanol–water partition coefficient (Wildman–Crippen LogP) is 0.506. The molecule has 0 spiro atoms. The highest BCUT2D eigenvalue weighted by molar-refractivity contribution is 7.85. The van der Waals surface area contributed by atoms with Crippen LogP contribution in [0, 0.1) is 0 Å². The third-order valence-corrected chi connectivity index (χ3v) is 2.94. The van der Waals surface area contributed by atoms with Crippen molar-refractivity contribution in [3.8, 4) is 0 Å². The molecule has 16 heavy (non-hydrogen) atoms. The van der Waals surface area contributed by atoms with Crippen molar-refractivity contribution in [1.29, 1.82) is 0 Å². The van der Waals surface area contributed by atoms with E-state index in [1.165, 1.54) is 10.8 Å². The van der Waals surface area contributed by atoms with Gasteiger partial charge in [0.2, 0.25) is 0 Å². The van der Waals surface area contributed by atoms with Crippen LogP contribution in [0.2, 0.25) is 0 Å². The number of carbonyl (C=O) groups is 2. The number of thiophene rings is 1. The maximum Gasteiger partial charge on any atom is 0.423 e. The van der Waals surface area contributed by atoms with Gasteiger partial charge in [0.25, 0.3) is 0 Å². The first kappa shape index (κ1) is 12.5. The van der Waals surface area contributed by atoms with Gasteiger partial charge >= 0.3 is 22.4 Å². The Morgan fingerprint density at radius 3 is 2.62 bits per heavy atom. The van der Waals surface area contributed by atoms with E-state index in [0.717, 1.165) is 18.4 Å². The standard InChI is InChI=1S/C7H7NO6S2/c1-13-7(10)8-16(11,12)14-6(9)5-3-2-4-15-5/h2-4H,1H3,(H,8,10). The first-order chi connectivity index (χ1) is 7.44. The number of carbonyl (C=O) groups excluding carboxylic acids is 2. The molecule has 0 atom stereocenters. The summed E-state index contributed by atoms with van der Waals surface area (Å²) < 4.78 is 31.6. The minimum atomic E-state index is -4.49. The van der Waals surface area contributed by atoms with E-state index in [2.05, 4.69) is 8.92 Å². The van der Waals surface area contributed by atoms with Crippen molar-refractivity contribution < 1.29 is 26.9 Å². The molecule has 1 amide bonds. The molecule has 0 saturated heterocycles. The summed E-state index contributed by atoms with van der Waals surface area (Å²) in [5, 5.41) is 1.58. The number of methoxy groups -OCH3 is 1.